The predicted octanol–water partition coefficient (Wildman–Crippen LogP) is 0.769. The second-order valence-corrected chi connectivity index (χ2v) is 6.34. The second kappa shape index (κ2) is 5.84. The van der Waals surface area contributed by atoms with E-state index in [0.29, 0.717) is 6.07 Å². The summed E-state index contributed by atoms with van der Waals surface area (Å²) in [5.41, 5.74) is 0. The molecule has 8 heteroatoms. The third kappa shape index (κ3) is 3.97. The highest BCUT2D eigenvalue weighted by atomic mass is 32.2. The summed E-state index contributed by atoms with van der Waals surface area (Å²) in [5, 5.41) is 2.58. The van der Waals surface area contributed by atoms with E-state index in [1.807, 2.05) is 0 Å². The van der Waals surface area contributed by atoms with Gasteiger partial charge in [0, 0.05) is 25.1 Å². The summed E-state index contributed by atoms with van der Waals surface area (Å²) in [5.74, 6) is -1.98. The van der Waals surface area contributed by atoms with Crippen LogP contribution < -0.4 is 10.0 Å². The Hall–Kier alpha value is -1.54. The first kappa shape index (κ1) is 14.9. The first-order valence-corrected chi connectivity index (χ1v) is 7.60. The molecule has 1 saturated carbocycles. The van der Waals surface area contributed by atoms with Crippen molar-refractivity contribution in [2.24, 2.45) is 5.92 Å². The van der Waals surface area contributed by atoms with Crippen molar-refractivity contribution in [1.82, 2.24) is 10.0 Å². The standard InChI is InChI=1S/C12H14F2N2O3S/c13-9-5-10(14)7-11(6-9)20(18,19)16-4-3-15-12(17)8-1-2-8/h5-8,16H,1-4H2,(H,15,17). The molecule has 1 aromatic rings. The Morgan fingerprint density at radius 1 is 1.15 bits per heavy atom. The van der Waals surface area contributed by atoms with E-state index in [1.165, 1.54) is 0 Å². The monoisotopic (exact) mass is 304 g/mol. The lowest BCUT2D eigenvalue weighted by atomic mass is 10.3. The van der Waals surface area contributed by atoms with Crippen molar-refractivity contribution in [3.8, 4) is 0 Å². The molecule has 1 aromatic carbocycles. The molecule has 0 bridgehead atoms. The van der Waals surface area contributed by atoms with E-state index in [-0.39, 0.29) is 24.9 Å². The Balaban J connectivity index is 1.88. The minimum Gasteiger partial charge on any atom is -0.355 e. The van der Waals surface area contributed by atoms with Crippen LogP contribution in [0.25, 0.3) is 0 Å². The van der Waals surface area contributed by atoms with E-state index >= 15 is 0 Å². The smallest absolute Gasteiger partial charge is 0.240 e. The van der Waals surface area contributed by atoms with Gasteiger partial charge in [0.05, 0.1) is 4.90 Å². The Morgan fingerprint density at radius 2 is 1.75 bits per heavy atom. The number of nitrogens with one attached hydrogen (secondary N) is 2. The normalized spacial score (nSPS) is 15.1. The lowest BCUT2D eigenvalue weighted by Crippen LogP contribution is -2.35. The summed E-state index contributed by atoms with van der Waals surface area (Å²) in [7, 11) is -3.99. The summed E-state index contributed by atoms with van der Waals surface area (Å²) in [6, 6.07) is 2.05. The molecule has 0 atom stereocenters. The van der Waals surface area contributed by atoms with E-state index in [2.05, 4.69) is 10.0 Å². The zero-order valence-electron chi connectivity index (χ0n) is 10.5. The maximum atomic E-state index is 13.0. The van der Waals surface area contributed by atoms with Crippen LogP contribution in [0.2, 0.25) is 0 Å². The van der Waals surface area contributed by atoms with Gasteiger partial charge in [0.2, 0.25) is 15.9 Å². The lowest BCUT2D eigenvalue weighted by molar-refractivity contribution is -0.122. The van der Waals surface area contributed by atoms with Gasteiger partial charge >= 0.3 is 0 Å². The number of halogens is 2. The molecule has 1 amide bonds. The Morgan fingerprint density at radius 3 is 2.30 bits per heavy atom. The predicted molar refractivity (Wildman–Crippen MR) is 67.3 cm³/mol. The zero-order valence-corrected chi connectivity index (χ0v) is 11.3. The molecule has 1 aliphatic carbocycles. The molecule has 1 aliphatic rings. The maximum Gasteiger partial charge on any atom is 0.240 e. The average Bonchev–Trinajstić information content (AvgIpc) is 3.17. The molecule has 110 valence electrons. The summed E-state index contributed by atoms with van der Waals surface area (Å²) in [6.07, 6.45) is 1.72. The molecule has 0 aliphatic heterocycles. The van der Waals surface area contributed by atoms with Crippen molar-refractivity contribution in [3.63, 3.8) is 0 Å². The van der Waals surface area contributed by atoms with Crippen molar-refractivity contribution in [1.29, 1.82) is 0 Å². The van der Waals surface area contributed by atoms with Crippen LogP contribution in [0.4, 0.5) is 8.78 Å². The number of sulfonamides is 1. The number of carbonyl (C=O) groups excluding carboxylic acids is 1. The molecule has 2 N–H and O–H groups in total. The van der Waals surface area contributed by atoms with Crippen LogP contribution in [0.3, 0.4) is 0 Å². The van der Waals surface area contributed by atoms with Gasteiger partial charge in [0.15, 0.2) is 0 Å². The molecular formula is C12H14F2N2O3S. The number of amides is 1. The van der Waals surface area contributed by atoms with E-state index in [4.69, 9.17) is 0 Å². The first-order chi connectivity index (χ1) is 9.38. The van der Waals surface area contributed by atoms with Crippen LogP contribution in [0.1, 0.15) is 12.8 Å². The van der Waals surface area contributed by atoms with E-state index in [9.17, 15) is 22.0 Å². The van der Waals surface area contributed by atoms with Gasteiger partial charge in [0.1, 0.15) is 11.6 Å². The summed E-state index contributed by atoms with van der Waals surface area (Å²) >= 11 is 0. The highest BCUT2D eigenvalue weighted by Crippen LogP contribution is 2.28. The van der Waals surface area contributed by atoms with Crippen LogP contribution in [0, 0.1) is 17.6 Å². The van der Waals surface area contributed by atoms with E-state index < -0.39 is 26.6 Å². The maximum absolute atomic E-state index is 13.0. The fraction of sp³-hybridized carbons (Fsp3) is 0.417. The van der Waals surface area contributed by atoms with Crippen molar-refractivity contribution < 1.29 is 22.0 Å². The van der Waals surface area contributed by atoms with Gasteiger partial charge in [-0.2, -0.15) is 0 Å². The van der Waals surface area contributed by atoms with Gasteiger partial charge in [-0.25, -0.2) is 21.9 Å². The topological polar surface area (TPSA) is 75.3 Å². The summed E-state index contributed by atoms with van der Waals surface area (Å²) in [6.45, 7) is 0.0886. The van der Waals surface area contributed by atoms with Gasteiger partial charge in [-0.05, 0) is 25.0 Å². The third-order valence-electron chi connectivity index (χ3n) is 2.81. The number of benzene rings is 1. The van der Waals surface area contributed by atoms with Gasteiger partial charge in [0.25, 0.3) is 0 Å². The molecule has 2 rings (SSSR count). The molecule has 5 nitrogen and oxygen atoms in total. The number of carbonyl (C=O) groups is 1. The van der Waals surface area contributed by atoms with Gasteiger partial charge < -0.3 is 5.32 Å². The van der Waals surface area contributed by atoms with Crippen LogP contribution >= 0.6 is 0 Å². The van der Waals surface area contributed by atoms with Crippen molar-refractivity contribution >= 4 is 15.9 Å². The largest absolute Gasteiger partial charge is 0.355 e. The van der Waals surface area contributed by atoms with E-state index in [0.717, 1.165) is 25.0 Å². The number of hydrogen-bond donors (Lipinski definition) is 2. The van der Waals surface area contributed by atoms with Crippen molar-refractivity contribution in [2.75, 3.05) is 13.1 Å². The SMILES string of the molecule is O=C(NCCNS(=O)(=O)c1cc(F)cc(F)c1)C1CC1. The van der Waals surface area contributed by atoms with Gasteiger partial charge in [-0.3, -0.25) is 4.79 Å². The molecule has 0 heterocycles. The highest BCUT2D eigenvalue weighted by Gasteiger charge is 2.29. The molecule has 0 unspecified atom stereocenters. The van der Waals surface area contributed by atoms with Crippen LogP contribution in [-0.2, 0) is 14.8 Å². The molecule has 0 saturated heterocycles. The van der Waals surface area contributed by atoms with Gasteiger partial charge in [-0.1, -0.05) is 0 Å². The van der Waals surface area contributed by atoms with Crippen LogP contribution in [-0.4, -0.2) is 27.4 Å². The highest BCUT2D eigenvalue weighted by molar-refractivity contribution is 7.89. The quantitative estimate of drug-likeness (QED) is 0.762. The molecule has 0 radical (unpaired) electrons. The minimum absolute atomic E-state index is 0.0427. The Bertz CT molecular complexity index is 595. The Labute approximate surface area is 115 Å². The summed E-state index contributed by atoms with van der Waals surface area (Å²) in [4.78, 5) is 10.8. The van der Waals surface area contributed by atoms with Crippen molar-refractivity contribution in [2.45, 2.75) is 17.7 Å². The number of hydrogen-bond acceptors (Lipinski definition) is 3. The van der Waals surface area contributed by atoms with Crippen LogP contribution in [0.5, 0.6) is 0 Å². The summed E-state index contributed by atoms with van der Waals surface area (Å²) < 4.78 is 51.6. The minimum atomic E-state index is -3.99. The average molecular weight is 304 g/mol. The Kier molecular flexibility index (Phi) is 4.34. The molecule has 20 heavy (non-hydrogen) atoms. The second-order valence-electron chi connectivity index (χ2n) is 4.57. The molecular weight excluding hydrogens is 290 g/mol. The fourth-order valence-electron chi connectivity index (χ4n) is 1.63. The third-order valence-corrected chi connectivity index (χ3v) is 4.25. The molecule has 0 aromatic heterocycles. The van der Waals surface area contributed by atoms with E-state index in [1.54, 1.807) is 0 Å². The fourth-order valence-corrected chi connectivity index (χ4v) is 2.70. The number of rotatable bonds is 6. The van der Waals surface area contributed by atoms with Crippen LogP contribution in [0.15, 0.2) is 23.1 Å². The first-order valence-electron chi connectivity index (χ1n) is 6.12. The molecule has 0 spiro atoms. The van der Waals surface area contributed by atoms with Gasteiger partial charge in [-0.15, -0.1) is 0 Å². The zero-order chi connectivity index (χ0) is 14.8. The lowest BCUT2D eigenvalue weighted by Gasteiger charge is -2.08. The van der Waals surface area contributed by atoms with Crippen molar-refractivity contribution in [3.05, 3.63) is 29.8 Å². The molecule has 1 fully saturated rings.